The van der Waals surface area contributed by atoms with Crippen LogP contribution in [0.2, 0.25) is 0 Å². The zero-order valence-electron chi connectivity index (χ0n) is 15.4. The number of hydrogen-bond donors (Lipinski definition) is 1. The Labute approximate surface area is 155 Å². The molecule has 0 amide bonds. The molecule has 0 aliphatic heterocycles. The highest BCUT2D eigenvalue weighted by atomic mass is 15.3. The fourth-order valence-corrected chi connectivity index (χ4v) is 3.95. The minimum Gasteiger partial charge on any atom is -0.345 e. The molecule has 1 aliphatic rings. The van der Waals surface area contributed by atoms with Crippen molar-refractivity contribution >= 4 is 0 Å². The van der Waals surface area contributed by atoms with Gasteiger partial charge in [-0.05, 0) is 36.7 Å². The van der Waals surface area contributed by atoms with Crippen LogP contribution in [0.4, 0.5) is 0 Å². The fourth-order valence-electron chi connectivity index (χ4n) is 3.95. The van der Waals surface area contributed by atoms with Crippen molar-refractivity contribution in [3.05, 3.63) is 66.0 Å². The number of imidazole rings is 1. The Morgan fingerprint density at radius 2 is 2.08 bits per heavy atom. The summed E-state index contributed by atoms with van der Waals surface area (Å²) in [5.74, 6) is 1.98. The number of nitrogens with zero attached hydrogens (tertiary/aromatic N) is 4. The maximum Gasteiger partial charge on any atom is 0.106 e. The predicted octanol–water partition coefficient (Wildman–Crippen LogP) is 3.96. The van der Waals surface area contributed by atoms with Gasteiger partial charge in [-0.1, -0.05) is 37.8 Å². The average molecular weight is 349 g/mol. The Morgan fingerprint density at radius 1 is 1.19 bits per heavy atom. The van der Waals surface area contributed by atoms with Gasteiger partial charge in [0.1, 0.15) is 5.82 Å². The van der Waals surface area contributed by atoms with E-state index in [2.05, 4.69) is 51.3 Å². The molecule has 0 spiro atoms. The summed E-state index contributed by atoms with van der Waals surface area (Å²) in [6, 6.07) is 10.5. The van der Waals surface area contributed by atoms with Crippen molar-refractivity contribution in [2.75, 3.05) is 7.05 Å². The molecule has 136 valence electrons. The Kier molecular flexibility index (Phi) is 5.16. The third-order valence-electron chi connectivity index (χ3n) is 5.21. The summed E-state index contributed by atoms with van der Waals surface area (Å²) in [5.41, 5.74) is 3.58. The zero-order chi connectivity index (χ0) is 17.8. The summed E-state index contributed by atoms with van der Waals surface area (Å²) in [5, 5.41) is 4.31. The van der Waals surface area contributed by atoms with E-state index in [0.717, 1.165) is 36.9 Å². The first kappa shape index (κ1) is 17.0. The quantitative estimate of drug-likeness (QED) is 0.702. The van der Waals surface area contributed by atoms with Crippen molar-refractivity contribution in [1.82, 2.24) is 24.6 Å². The molecule has 5 nitrogen and oxygen atoms in total. The summed E-state index contributed by atoms with van der Waals surface area (Å²) < 4.78 is 1.90. The number of nitrogens with one attached hydrogen (secondary N) is 1. The van der Waals surface area contributed by atoms with Crippen LogP contribution in [0.5, 0.6) is 0 Å². The van der Waals surface area contributed by atoms with Gasteiger partial charge in [-0.25, -0.2) is 9.67 Å². The number of benzene rings is 1. The van der Waals surface area contributed by atoms with Gasteiger partial charge in [-0.15, -0.1) is 0 Å². The smallest absolute Gasteiger partial charge is 0.106 e. The van der Waals surface area contributed by atoms with Crippen molar-refractivity contribution < 1.29 is 0 Å². The van der Waals surface area contributed by atoms with Crippen molar-refractivity contribution in [2.24, 2.45) is 5.92 Å². The van der Waals surface area contributed by atoms with Crippen LogP contribution in [0.15, 0.2) is 48.9 Å². The van der Waals surface area contributed by atoms with Gasteiger partial charge in [0.15, 0.2) is 0 Å². The largest absolute Gasteiger partial charge is 0.345 e. The van der Waals surface area contributed by atoms with E-state index in [1.54, 1.807) is 6.20 Å². The van der Waals surface area contributed by atoms with Crippen LogP contribution >= 0.6 is 0 Å². The standard InChI is InChI=1S/C21H27N5/c1-25(15-18-8-4-9-20(12-18)26-11-5-10-23-26)16-19-14-22-21(24-19)13-17-6-2-3-7-17/h4-5,8-12,14,17H,2-3,6-7,13,15-16H2,1H3,(H,22,24). The van der Waals surface area contributed by atoms with Crippen LogP contribution in [0, 0.1) is 5.92 Å². The molecular weight excluding hydrogens is 322 g/mol. The lowest BCUT2D eigenvalue weighted by molar-refractivity contribution is 0.315. The van der Waals surface area contributed by atoms with E-state index in [-0.39, 0.29) is 0 Å². The molecule has 2 aromatic heterocycles. The maximum atomic E-state index is 4.59. The Hall–Kier alpha value is -2.40. The minimum atomic E-state index is 0.830. The molecule has 26 heavy (non-hydrogen) atoms. The molecule has 0 radical (unpaired) electrons. The third kappa shape index (κ3) is 4.22. The molecule has 0 saturated heterocycles. The van der Waals surface area contributed by atoms with Crippen LogP contribution in [0.25, 0.3) is 5.69 Å². The molecule has 4 rings (SSSR count). The zero-order valence-corrected chi connectivity index (χ0v) is 15.4. The van der Waals surface area contributed by atoms with Gasteiger partial charge in [0.25, 0.3) is 0 Å². The number of aromatic amines is 1. The van der Waals surface area contributed by atoms with Crippen LogP contribution in [-0.2, 0) is 19.5 Å². The van der Waals surface area contributed by atoms with Gasteiger partial charge in [-0.3, -0.25) is 4.90 Å². The summed E-state index contributed by atoms with van der Waals surface area (Å²) in [4.78, 5) is 10.4. The van der Waals surface area contributed by atoms with Crippen LogP contribution in [0.1, 0.15) is 42.8 Å². The second-order valence-electron chi connectivity index (χ2n) is 7.50. The summed E-state index contributed by atoms with van der Waals surface area (Å²) >= 11 is 0. The number of aromatic nitrogens is 4. The van der Waals surface area contributed by atoms with E-state index in [9.17, 15) is 0 Å². The third-order valence-corrected chi connectivity index (χ3v) is 5.21. The average Bonchev–Trinajstić information content (AvgIpc) is 3.38. The normalized spacial score (nSPS) is 15.2. The minimum absolute atomic E-state index is 0.830. The topological polar surface area (TPSA) is 49.7 Å². The second kappa shape index (κ2) is 7.87. The van der Waals surface area contributed by atoms with Crippen LogP contribution < -0.4 is 0 Å². The summed E-state index contributed by atoms with van der Waals surface area (Å²) in [6.07, 6.45) is 12.4. The summed E-state index contributed by atoms with van der Waals surface area (Å²) in [7, 11) is 2.15. The maximum absolute atomic E-state index is 4.59. The number of hydrogen-bond acceptors (Lipinski definition) is 3. The molecule has 1 aromatic carbocycles. The molecule has 0 atom stereocenters. The number of H-pyrrole nitrogens is 1. The van der Waals surface area contributed by atoms with Gasteiger partial charge in [0.05, 0.1) is 5.69 Å². The Morgan fingerprint density at radius 3 is 2.88 bits per heavy atom. The lowest BCUT2D eigenvalue weighted by Gasteiger charge is -2.16. The van der Waals surface area contributed by atoms with Gasteiger partial charge in [-0.2, -0.15) is 5.10 Å². The van der Waals surface area contributed by atoms with E-state index in [1.165, 1.54) is 36.9 Å². The first-order valence-electron chi connectivity index (χ1n) is 9.56. The summed E-state index contributed by atoms with van der Waals surface area (Å²) in [6.45, 7) is 1.77. The van der Waals surface area contributed by atoms with E-state index >= 15 is 0 Å². The highest BCUT2D eigenvalue weighted by Crippen LogP contribution is 2.27. The lowest BCUT2D eigenvalue weighted by Crippen LogP contribution is -2.17. The molecule has 0 bridgehead atoms. The van der Waals surface area contributed by atoms with Gasteiger partial charge >= 0.3 is 0 Å². The van der Waals surface area contributed by atoms with E-state index < -0.39 is 0 Å². The van der Waals surface area contributed by atoms with Crippen molar-refractivity contribution in [3.63, 3.8) is 0 Å². The first-order valence-corrected chi connectivity index (χ1v) is 9.56. The molecule has 1 fully saturated rings. The molecule has 1 saturated carbocycles. The van der Waals surface area contributed by atoms with Gasteiger partial charge in [0.2, 0.25) is 0 Å². The first-order chi connectivity index (χ1) is 12.8. The highest BCUT2D eigenvalue weighted by molar-refractivity contribution is 5.35. The van der Waals surface area contributed by atoms with Crippen molar-refractivity contribution in [2.45, 2.75) is 45.2 Å². The molecular formula is C21H27N5. The van der Waals surface area contributed by atoms with Crippen LogP contribution in [0.3, 0.4) is 0 Å². The second-order valence-corrected chi connectivity index (χ2v) is 7.50. The highest BCUT2D eigenvalue weighted by Gasteiger charge is 2.17. The lowest BCUT2D eigenvalue weighted by atomic mass is 10.0. The monoisotopic (exact) mass is 349 g/mol. The molecule has 1 N–H and O–H groups in total. The van der Waals surface area contributed by atoms with Crippen LogP contribution in [-0.4, -0.2) is 31.7 Å². The van der Waals surface area contributed by atoms with E-state index in [4.69, 9.17) is 0 Å². The molecule has 2 heterocycles. The number of rotatable bonds is 7. The molecule has 0 unspecified atom stereocenters. The van der Waals surface area contributed by atoms with E-state index in [1.807, 2.05) is 23.1 Å². The fraction of sp³-hybridized carbons (Fsp3) is 0.429. The Bertz CT molecular complexity index is 815. The molecule has 3 aromatic rings. The van der Waals surface area contributed by atoms with Gasteiger partial charge in [0, 0.05) is 43.8 Å². The SMILES string of the molecule is CN(Cc1cccc(-n2cccn2)c1)Cc1cnc(CC2CCCC2)[nH]1. The van der Waals surface area contributed by atoms with Crippen molar-refractivity contribution in [1.29, 1.82) is 0 Å². The predicted molar refractivity (Wildman–Crippen MR) is 103 cm³/mol. The van der Waals surface area contributed by atoms with E-state index in [0.29, 0.717) is 0 Å². The van der Waals surface area contributed by atoms with Crippen molar-refractivity contribution in [3.8, 4) is 5.69 Å². The Balaban J connectivity index is 1.34. The molecule has 1 aliphatic carbocycles. The molecule has 5 heteroatoms. The van der Waals surface area contributed by atoms with Gasteiger partial charge < -0.3 is 4.98 Å².